The van der Waals surface area contributed by atoms with Crippen LogP contribution in [0.15, 0.2) is 49.6 Å². The van der Waals surface area contributed by atoms with Crippen LogP contribution in [-0.4, -0.2) is 51.3 Å². The van der Waals surface area contributed by atoms with Crippen LogP contribution in [0.4, 0.5) is 5.69 Å². The van der Waals surface area contributed by atoms with Crippen LogP contribution in [0.5, 0.6) is 0 Å². The number of nitrogens with zero attached hydrogens (tertiary/aromatic N) is 1. The molecule has 7 nitrogen and oxygen atoms in total. The van der Waals surface area contributed by atoms with Gasteiger partial charge in [-0.2, -0.15) is 0 Å². The van der Waals surface area contributed by atoms with Crippen molar-refractivity contribution in [2.24, 2.45) is 0 Å². The summed E-state index contributed by atoms with van der Waals surface area (Å²) in [4.78, 5) is 36.4. The van der Waals surface area contributed by atoms with Crippen molar-refractivity contribution >= 4 is 23.6 Å². The molecule has 0 aromatic heterocycles. The van der Waals surface area contributed by atoms with Crippen LogP contribution in [0, 0.1) is 0 Å². The Balaban J connectivity index is 2.64. The molecular weight excluding hydrogens is 326 g/mol. The third-order valence-corrected chi connectivity index (χ3v) is 3.05. The lowest BCUT2D eigenvalue weighted by Crippen LogP contribution is -2.30. The van der Waals surface area contributed by atoms with Gasteiger partial charge in [0.15, 0.2) is 6.10 Å². The Morgan fingerprint density at radius 2 is 1.56 bits per heavy atom. The van der Waals surface area contributed by atoms with Gasteiger partial charge in [0.05, 0.1) is 5.56 Å². The maximum absolute atomic E-state index is 12.1. The van der Waals surface area contributed by atoms with Gasteiger partial charge in [-0.05, 0) is 24.3 Å². The Morgan fingerprint density at radius 3 is 2.08 bits per heavy atom. The summed E-state index contributed by atoms with van der Waals surface area (Å²) in [6, 6.07) is 6.80. The molecule has 1 rings (SSSR count). The zero-order chi connectivity index (χ0) is 18.8. The molecule has 0 amide bonds. The molecule has 0 spiro atoms. The smallest absolute Gasteiger partial charge is 0.338 e. The lowest BCUT2D eigenvalue weighted by molar-refractivity contribution is -0.155. The highest BCUT2D eigenvalue weighted by molar-refractivity contribution is 5.89. The fraction of sp³-hybridized carbons (Fsp3) is 0.278. The number of carbonyl (C=O) groups is 3. The van der Waals surface area contributed by atoms with Gasteiger partial charge in [-0.25, -0.2) is 14.4 Å². The monoisotopic (exact) mass is 347 g/mol. The van der Waals surface area contributed by atoms with E-state index in [0.29, 0.717) is 5.56 Å². The van der Waals surface area contributed by atoms with Gasteiger partial charge in [0.2, 0.25) is 0 Å². The van der Waals surface area contributed by atoms with Gasteiger partial charge in [-0.1, -0.05) is 13.2 Å². The van der Waals surface area contributed by atoms with Crippen LogP contribution < -0.4 is 4.90 Å². The van der Waals surface area contributed by atoms with Gasteiger partial charge in [0.25, 0.3) is 0 Å². The molecule has 0 fully saturated rings. The molecule has 134 valence electrons. The number of benzene rings is 1. The topological polar surface area (TPSA) is 82.1 Å². The van der Waals surface area contributed by atoms with E-state index >= 15 is 0 Å². The SMILES string of the molecule is C=CC(=O)OCC(COC(=O)c1ccc(N(C)C)cc1)OC(=O)C=C. The standard InChI is InChI=1S/C18H21NO6/c1-5-16(20)23-11-15(25-17(21)6-2)12-24-18(22)13-7-9-14(10-8-13)19(3)4/h5-10,15H,1-2,11-12H2,3-4H3. The largest absolute Gasteiger partial charge is 0.458 e. The first-order valence-electron chi connectivity index (χ1n) is 7.44. The second kappa shape index (κ2) is 9.92. The Kier molecular flexibility index (Phi) is 7.92. The van der Waals surface area contributed by atoms with Gasteiger partial charge in [-0.15, -0.1) is 0 Å². The van der Waals surface area contributed by atoms with Crippen molar-refractivity contribution in [1.29, 1.82) is 0 Å². The number of anilines is 1. The molecule has 1 aromatic rings. The fourth-order valence-corrected chi connectivity index (χ4v) is 1.71. The minimum absolute atomic E-state index is 0.266. The zero-order valence-corrected chi connectivity index (χ0v) is 14.3. The van der Waals surface area contributed by atoms with E-state index in [-0.39, 0.29) is 13.2 Å². The Labute approximate surface area is 146 Å². The van der Waals surface area contributed by atoms with Crippen LogP contribution in [0.3, 0.4) is 0 Å². The van der Waals surface area contributed by atoms with E-state index in [0.717, 1.165) is 17.8 Å². The Bertz CT molecular complexity index is 635. The molecule has 1 aromatic carbocycles. The molecule has 0 radical (unpaired) electrons. The molecule has 0 aliphatic heterocycles. The van der Waals surface area contributed by atoms with Crippen molar-refractivity contribution in [3.8, 4) is 0 Å². The van der Waals surface area contributed by atoms with Gasteiger partial charge in [0, 0.05) is 31.9 Å². The quantitative estimate of drug-likeness (QED) is 0.382. The minimum Gasteiger partial charge on any atom is -0.458 e. The van der Waals surface area contributed by atoms with Crippen LogP contribution in [0.2, 0.25) is 0 Å². The van der Waals surface area contributed by atoms with Crippen molar-refractivity contribution in [3.05, 3.63) is 55.1 Å². The van der Waals surface area contributed by atoms with Crippen molar-refractivity contribution in [3.63, 3.8) is 0 Å². The van der Waals surface area contributed by atoms with Crippen molar-refractivity contribution in [2.45, 2.75) is 6.10 Å². The first-order valence-corrected chi connectivity index (χ1v) is 7.44. The Hall–Kier alpha value is -3.09. The highest BCUT2D eigenvalue weighted by Gasteiger charge is 2.18. The van der Waals surface area contributed by atoms with Crippen LogP contribution in [0.1, 0.15) is 10.4 Å². The molecule has 25 heavy (non-hydrogen) atoms. The lowest BCUT2D eigenvalue weighted by atomic mass is 10.2. The molecule has 1 unspecified atom stereocenters. The lowest BCUT2D eigenvalue weighted by Gasteiger charge is -2.17. The van der Waals surface area contributed by atoms with Crippen LogP contribution in [-0.2, 0) is 23.8 Å². The van der Waals surface area contributed by atoms with Crippen molar-refractivity contribution in [2.75, 3.05) is 32.2 Å². The average molecular weight is 347 g/mol. The molecule has 0 bridgehead atoms. The normalized spacial score (nSPS) is 11.0. The summed E-state index contributed by atoms with van der Waals surface area (Å²) in [5.74, 6) is -1.98. The summed E-state index contributed by atoms with van der Waals surface area (Å²) < 4.78 is 14.9. The summed E-state index contributed by atoms with van der Waals surface area (Å²) in [6.45, 7) is 6.01. The van der Waals surface area contributed by atoms with Gasteiger partial charge in [-0.3, -0.25) is 0 Å². The highest BCUT2D eigenvalue weighted by Crippen LogP contribution is 2.13. The van der Waals surface area contributed by atoms with Crippen LogP contribution in [0.25, 0.3) is 0 Å². The van der Waals surface area contributed by atoms with Crippen LogP contribution >= 0.6 is 0 Å². The molecule has 1 atom stereocenters. The fourth-order valence-electron chi connectivity index (χ4n) is 1.71. The molecule has 0 aliphatic rings. The summed E-state index contributed by atoms with van der Waals surface area (Å²) in [7, 11) is 3.77. The van der Waals surface area contributed by atoms with Crippen molar-refractivity contribution in [1.82, 2.24) is 0 Å². The third-order valence-electron chi connectivity index (χ3n) is 3.05. The van der Waals surface area contributed by atoms with Crippen molar-refractivity contribution < 1.29 is 28.6 Å². The van der Waals surface area contributed by atoms with E-state index in [2.05, 4.69) is 13.2 Å². The molecule has 0 saturated carbocycles. The second-order valence-electron chi connectivity index (χ2n) is 5.14. The predicted octanol–water partition coefficient (Wildman–Crippen LogP) is 1.74. The third kappa shape index (κ3) is 6.90. The van der Waals surface area contributed by atoms with Gasteiger partial charge < -0.3 is 19.1 Å². The molecule has 0 N–H and O–H groups in total. The molecule has 0 heterocycles. The Morgan fingerprint density at radius 1 is 1.00 bits per heavy atom. The van der Waals surface area contributed by atoms with E-state index in [1.54, 1.807) is 24.3 Å². The summed E-state index contributed by atoms with van der Waals surface area (Å²) >= 11 is 0. The van der Waals surface area contributed by atoms with E-state index in [9.17, 15) is 14.4 Å². The van der Waals surface area contributed by atoms with E-state index in [1.165, 1.54) is 0 Å². The maximum atomic E-state index is 12.1. The number of carbonyl (C=O) groups excluding carboxylic acids is 3. The van der Waals surface area contributed by atoms with E-state index < -0.39 is 24.0 Å². The van der Waals surface area contributed by atoms with Gasteiger partial charge >= 0.3 is 17.9 Å². The predicted molar refractivity (Wildman–Crippen MR) is 92.3 cm³/mol. The molecule has 0 saturated heterocycles. The molecular formula is C18H21NO6. The minimum atomic E-state index is -0.945. The average Bonchev–Trinajstić information content (AvgIpc) is 2.62. The van der Waals surface area contributed by atoms with Gasteiger partial charge in [0.1, 0.15) is 13.2 Å². The number of ether oxygens (including phenoxy) is 3. The first-order chi connectivity index (χ1) is 11.9. The van der Waals surface area contributed by atoms with E-state index in [1.807, 2.05) is 19.0 Å². The molecule has 0 aliphatic carbocycles. The molecule has 7 heteroatoms. The first kappa shape index (κ1) is 20.0. The summed E-state index contributed by atoms with van der Waals surface area (Å²) in [5, 5.41) is 0. The number of hydrogen-bond acceptors (Lipinski definition) is 7. The number of hydrogen-bond donors (Lipinski definition) is 0. The summed E-state index contributed by atoms with van der Waals surface area (Å²) in [6.07, 6.45) is 0.994. The summed E-state index contributed by atoms with van der Waals surface area (Å²) in [5.41, 5.74) is 1.29. The number of esters is 3. The second-order valence-corrected chi connectivity index (χ2v) is 5.14. The maximum Gasteiger partial charge on any atom is 0.338 e. The zero-order valence-electron chi connectivity index (χ0n) is 14.3. The number of rotatable bonds is 9. The van der Waals surface area contributed by atoms with E-state index in [4.69, 9.17) is 14.2 Å². The highest BCUT2D eigenvalue weighted by atomic mass is 16.6.